The van der Waals surface area contributed by atoms with E-state index in [1.807, 2.05) is 0 Å². The monoisotopic (exact) mass is 465 g/mol. The van der Waals surface area contributed by atoms with Crippen molar-refractivity contribution in [2.45, 2.75) is 125 Å². The van der Waals surface area contributed by atoms with E-state index in [2.05, 4.69) is 125 Å². The summed E-state index contributed by atoms with van der Waals surface area (Å²) in [5.41, 5.74) is 0.339. The summed E-state index contributed by atoms with van der Waals surface area (Å²) in [6, 6.07) is 0. The van der Waals surface area contributed by atoms with Crippen molar-refractivity contribution in [3.8, 4) is 0 Å². The molecule has 0 aromatic heterocycles. The Morgan fingerprint density at radius 3 is 0.697 bits per heavy atom. The molecule has 0 saturated heterocycles. The van der Waals surface area contributed by atoms with E-state index in [1.165, 1.54) is 0 Å². The second-order valence-corrected chi connectivity index (χ2v) is 14.5. The van der Waals surface area contributed by atoms with E-state index >= 15 is 0 Å². The van der Waals surface area contributed by atoms with Crippen LogP contribution in [0.15, 0.2) is 0 Å². The van der Waals surface area contributed by atoms with Crippen LogP contribution in [0.2, 0.25) is 0 Å². The van der Waals surface area contributed by atoms with Gasteiger partial charge in [-0.1, -0.05) is 125 Å². The quantitative estimate of drug-likeness (QED) is 0.240. The van der Waals surface area contributed by atoms with E-state index in [-0.39, 0.29) is 0 Å². The zero-order valence-electron chi connectivity index (χ0n) is 26.6. The smallest absolute Gasteiger partial charge is 0.0298 e. The van der Waals surface area contributed by atoms with Crippen molar-refractivity contribution in [3.63, 3.8) is 0 Å². The van der Waals surface area contributed by atoms with Gasteiger partial charge in [0.25, 0.3) is 0 Å². The van der Waals surface area contributed by atoms with Crippen LogP contribution >= 0.6 is 0 Å². The molecule has 0 heterocycles. The molecule has 0 fully saturated rings. The van der Waals surface area contributed by atoms with Crippen LogP contribution in [0, 0.1) is 88.3 Å². The Morgan fingerprint density at radius 1 is 0.273 bits per heavy atom. The second kappa shape index (κ2) is 13.3. The minimum absolute atomic E-state index is 0.339. The van der Waals surface area contributed by atoms with Gasteiger partial charge >= 0.3 is 0 Å². The van der Waals surface area contributed by atoms with Crippen molar-refractivity contribution in [2.75, 3.05) is 0 Å². The van der Waals surface area contributed by atoms with Gasteiger partial charge < -0.3 is 0 Å². The van der Waals surface area contributed by atoms with Gasteiger partial charge in [0.1, 0.15) is 0 Å². The van der Waals surface area contributed by atoms with E-state index in [4.69, 9.17) is 0 Å². The van der Waals surface area contributed by atoms with Crippen LogP contribution in [0.3, 0.4) is 0 Å². The number of rotatable bonds is 14. The maximum Gasteiger partial charge on any atom is -0.0298 e. The third-order valence-corrected chi connectivity index (χ3v) is 12.7. The standard InChI is InChI=1S/C33H68/c1-19(2)21(5)23(7)25(9)26(10)27(11)28(12)30(14)32(16)33(17,18)31(15)29(13)24(8)22(6)20(3)4/h19-32H,1-18H3. The molecular weight excluding hydrogens is 396 g/mol. The first-order valence-electron chi connectivity index (χ1n) is 14.8. The second-order valence-electron chi connectivity index (χ2n) is 14.5. The molecule has 0 spiro atoms. The summed E-state index contributed by atoms with van der Waals surface area (Å²) >= 11 is 0. The zero-order chi connectivity index (χ0) is 26.6. The minimum Gasteiger partial charge on any atom is -0.0625 e. The Labute approximate surface area is 212 Å². The molecule has 0 bridgehead atoms. The molecule has 0 aromatic rings. The molecule has 0 rings (SSSR count). The minimum atomic E-state index is 0.339. The zero-order valence-corrected chi connectivity index (χ0v) is 26.6. The van der Waals surface area contributed by atoms with Gasteiger partial charge in [0, 0.05) is 0 Å². The molecule has 0 heteroatoms. The van der Waals surface area contributed by atoms with Crippen molar-refractivity contribution in [3.05, 3.63) is 0 Å². The first kappa shape index (κ1) is 33.0. The number of hydrogen-bond acceptors (Lipinski definition) is 0. The van der Waals surface area contributed by atoms with Crippen molar-refractivity contribution < 1.29 is 0 Å². The lowest BCUT2D eigenvalue weighted by Gasteiger charge is -2.48. The predicted molar refractivity (Wildman–Crippen MR) is 153 cm³/mol. The number of hydrogen-bond donors (Lipinski definition) is 0. The van der Waals surface area contributed by atoms with E-state index in [0.29, 0.717) is 11.3 Å². The lowest BCUT2D eigenvalue weighted by atomic mass is 9.57. The molecule has 0 nitrogen and oxygen atoms in total. The lowest BCUT2D eigenvalue weighted by molar-refractivity contribution is 0.00348. The summed E-state index contributed by atoms with van der Waals surface area (Å²) in [5.74, 6) is 10.6. The van der Waals surface area contributed by atoms with Gasteiger partial charge in [-0.15, -0.1) is 0 Å². The largest absolute Gasteiger partial charge is 0.0625 e. The summed E-state index contributed by atoms with van der Waals surface area (Å²) in [5, 5.41) is 0. The molecule has 200 valence electrons. The molecule has 0 N–H and O–H groups in total. The fourth-order valence-corrected chi connectivity index (χ4v) is 6.77. The van der Waals surface area contributed by atoms with Crippen molar-refractivity contribution >= 4 is 0 Å². The Morgan fingerprint density at radius 2 is 0.455 bits per heavy atom. The van der Waals surface area contributed by atoms with Crippen LogP contribution in [0.25, 0.3) is 0 Å². The average molecular weight is 465 g/mol. The molecule has 12 unspecified atom stereocenters. The maximum atomic E-state index is 2.57. The lowest BCUT2D eigenvalue weighted by Crippen LogP contribution is -2.42. The van der Waals surface area contributed by atoms with Gasteiger partial charge in [-0.3, -0.25) is 0 Å². The predicted octanol–water partition coefficient (Wildman–Crippen LogP) is 11.0. The molecule has 0 aliphatic carbocycles. The molecule has 33 heavy (non-hydrogen) atoms. The van der Waals surface area contributed by atoms with Gasteiger partial charge in [0.05, 0.1) is 0 Å². The summed E-state index contributed by atoms with van der Waals surface area (Å²) in [6.07, 6.45) is 0. The van der Waals surface area contributed by atoms with Gasteiger partial charge in [0.15, 0.2) is 0 Å². The highest BCUT2D eigenvalue weighted by molar-refractivity contribution is 4.91. The fourth-order valence-electron chi connectivity index (χ4n) is 6.77. The van der Waals surface area contributed by atoms with Crippen LogP contribution in [0.5, 0.6) is 0 Å². The summed E-state index contributed by atoms with van der Waals surface area (Å²) in [4.78, 5) is 0. The van der Waals surface area contributed by atoms with Gasteiger partial charge in [0.2, 0.25) is 0 Å². The summed E-state index contributed by atoms with van der Waals surface area (Å²) in [7, 11) is 0. The Bertz CT molecular complexity index is 528. The Balaban J connectivity index is 5.45. The molecule has 0 radical (unpaired) electrons. The van der Waals surface area contributed by atoms with Crippen LogP contribution in [-0.4, -0.2) is 0 Å². The van der Waals surface area contributed by atoms with Crippen LogP contribution in [0.4, 0.5) is 0 Å². The van der Waals surface area contributed by atoms with Gasteiger partial charge in [-0.2, -0.15) is 0 Å². The van der Waals surface area contributed by atoms with Crippen LogP contribution in [0.1, 0.15) is 125 Å². The molecule has 12 atom stereocenters. The van der Waals surface area contributed by atoms with Crippen molar-refractivity contribution in [2.24, 2.45) is 88.3 Å². The topological polar surface area (TPSA) is 0 Å². The molecule has 0 aromatic carbocycles. The molecule has 0 aliphatic rings. The third kappa shape index (κ3) is 8.00. The van der Waals surface area contributed by atoms with Crippen molar-refractivity contribution in [1.82, 2.24) is 0 Å². The van der Waals surface area contributed by atoms with Gasteiger partial charge in [-0.25, -0.2) is 0 Å². The highest BCUT2D eigenvalue weighted by Gasteiger charge is 2.42. The van der Waals surface area contributed by atoms with Crippen LogP contribution < -0.4 is 0 Å². The van der Waals surface area contributed by atoms with E-state index in [9.17, 15) is 0 Å². The van der Waals surface area contributed by atoms with E-state index < -0.39 is 0 Å². The first-order valence-corrected chi connectivity index (χ1v) is 14.8. The Kier molecular flexibility index (Phi) is 13.3. The Hall–Kier alpha value is 0. The molecule has 0 saturated carbocycles. The highest BCUT2D eigenvalue weighted by atomic mass is 14.5. The summed E-state index contributed by atoms with van der Waals surface area (Å²) < 4.78 is 0. The molecule has 0 amide bonds. The van der Waals surface area contributed by atoms with Crippen LogP contribution in [-0.2, 0) is 0 Å². The SMILES string of the molecule is CC(C)C(C)C(C)C(C)C(C)C(C)C(C)C(C)C(C)C(C)(C)C(C)C(C)C(C)C(C)C(C)C. The molecular formula is C33H68. The average Bonchev–Trinajstić information content (AvgIpc) is 2.77. The molecule has 0 aliphatic heterocycles. The van der Waals surface area contributed by atoms with E-state index in [1.54, 1.807) is 0 Å². The summed E-state index contributed by atoms with van der Waals surface area (Å²) in [6.45, 7) is 45.0. The fraction of sp³-hybridized carbons (Fsp3) is 1.00. The maximum absolute atomic E-state index is 2.57. The van der Waals surface area contributed by atoms with Gasteiger partial charge in [-0.05, 0) is 88.3 Å². The first-order chi connectivity index (χ1) is 14.8. The third-order valence-electron chi connectivity index (χ3n) is 12.7. The normalized spacial score (nSPS) is 24.4. The van der Waals surface area contributed by atoms with Crippen molar-refractivity contribution in [1.29, 1.82) is 0 Å². The highest BCUT2D eigenvalue weighted by Crippen LogP contribution is 2.49. The van der Waals surface area contributed by atoms with E-state index in [0.717, 1.165) is 76.9 Å².